The summed E-state index contributed by atoms with van der Waals surface area (Å²) in [5.74, 6) is 0.618. The Morgan fingerprint density at radius 3 is 2.24 bits per heavy atom. The fourth-order valence-corrected chi connectivity index (χ4v) is 2.16. The largest absolute Gasteiger partial charge is 0.311 e. The number of halogens is 1. The summed E-state index contributed by atoms with van der Waals surface area (Å²) in [6.07, 6.45) is 2.47. The van der Waals surface area contributed by atoms with E-state index in [9.17, 15) is 0 Å². The average molecular weight is 298 g/mol. The van der Waals surface area contributed by atoms with E-state index >= 15 is 0 Å². The Morgan fingerprint density at radius 2 is 1.76 bits per heavy atom. The molecule has 0 aliphatic heterocycles. The SMILES string of the molecule is CCCC(CNC(C)(C)C)c1ccc(Br)cc1. The van der Waals surface area contributed by atoms with Crippen molar-refractivity contribution in [2.45, 2.75) is 52.0 Å². The molecule has 0 heterocycles. The van der Waals surface area contributed by atoms with Crippen molar-refractivity contribution >= 4 is 15.9 Å². The molecule has 2 heteroatoms. The number of hydrogen-bond acceptors (Lipinski definition) is 1. The Bertz CT molecular complexity index is 324. The minimum absolute atomic E-state index is 0.196. The summed E-state index contributed by atoms with van der Waals surface area (Å²) in [5, 5.41) is 3.61. The fraction of sp³-hybridized carbons (Fsp3) is 0.600. The summed E-state index contributed by atoms with van der Waals surface area (Å²) in [6, 6.07) is 8.73. The lowest BCUT2D eigenvalue weighted by atomic mass is 9.93. The molecule has 96 valence electrons. The molecule has 0 saturated carbocycles. The molecule has 17 heavy (non-hydrogen) atoms. The Hall–Kier alpha value is -0.340. The van der Waals surface area contributed by atoms with Gasteiger partial charge in [0.1, 0.15) is 0 Å². The predicted molar refractivity (Wildman–Crippen MR) is 79.5 cm³/mol. The summed E-state index contributed by atoms with van der Waals surface area (Å²) in [6.45, 7) is 9.97. The Morgan fingerprint density at radius 1 is 1.18 bits per heavy atom. The van der Waals surface area contributed by atoms with Crippen molar-refractivity contribution in [2.75, 3.05) is 6.54 Å². The monoisotopic (exact) mass is 297 g/mol. The van der Waals surface area contributed by atoms with Crippen LogP contribution in [0.3, 0.4) is 0 Å². The maximum Gasteiger partial charge on any atom is 0.0175 e. The van der Waals surface area contributed by atoms with E-state index in [1.54, 1.807) is 0 Å². The van der Waals surface area contributed by atoms with E-state index < -0.39 is 0 Å². The van der Waals surface area contributed by atoms with Crippen LogP contribution < -0.4 is 5.32 Å². The van der Waals surface area contributed by atoms with Crippen molar-refractivity contribution in [2.24, 2.45) is 0 Å². The van der Waals surface area contributed by atoms with Gasteiger partial charge in [-0.1, -0.05) is 41.4 Å². The maximum absolute atomic E-state index is 3.61. The normalized spacial score (nSPS) is 13.7. The Kier molecular flexibility index (Phi) is 5.68. The second-order valence-electron chi connectivity index (χ2n) is 5.67. The van der Waals surface area contributed by atoms with Crippen LogP contribution >= 0.6 is 15.9 Å². The lowest BCUT2D eigenvalue weighted by molar-refractivity contribution is 0.398. The van der Waals surface area contributed by atoms with Crippen molar-refractivity contribution in [3.63, 3.8) is 0 Å². The molecule has 0 fully saturated rings. The van der Waals surface area contributed by atoms with Crippen molar-refractivity contribution in [3.05, 3.63) is 34.3 Å². The minimum atomic E-state index is 0.196. The van der Waals surface area contributed by atoms with E-state index in [-0.39, 0.29) is 5.54 Å². The number of hydrogen-bond donors (Lipinski definition) is 1. The van der Waals surface area contributed by atoms with Crippen LogP contribution in [-0.2, 0) is 0 Å². The van der Waals surface area contributed by atoms with Gasteiger partial charge in [-0.05, 0) is 50.8 Å². The third-order valence-corrected chi connectivity index (χ3v) is 3.39. The van der Waals surface area contributed by atoms with Gasteiger partial charge < -0.3 is 5.32 Å². The zero-order chi connectivity index (χ0) is 12.9. The molecule has 0 bridgehead atoms. The summed E-state index contributed by atoms with van der Waals surface area (Å²) in [5.41, 5.74) is 1.63. The summed E-state index contributed by atoms with van der Waals surface area (Å²) < 4.78 is 1.15. The third-order valence-electron chi connectivity index (χ3n) is 2.86. The second kappa shape index (κ2) is 6.55. The number of nitrogens with one attached hydrogen (secondary N) is 1. The molecule has 1 unspecified atom stereocenters. The summed E-state index contributed by atoms with van der Waals surface area (Å²) >= 11 is 3.49. The van der Waals surface area contributed by atoms with Gasteiger partial charge >= 0.3 is 0 Å². The highest BCUT2D eigenvalue weighted by molar-refractivity contribution is 9.10. The highest BCUT2D eigenvalue weighted by Crippen LogP contribution is 2.23. The predicted octanol–water partition coefficient (Wildman–Crippen LogP) is 4.72. The van der Waals surface area contributed by atoms with E-state index in [2.05, 4.69) is 73.2 Å². The van der Waals surface area contributed by atoms with Crippen LogP contribution in [0.15, 0.2) is 28.7 Å². The van der Waals surface area contributed by atoms with Crippen molar-refractivity contribution in [3.8, 4) is 0 Å². The molecule has 0 amide bonds. The van der Waals surface area contributed by atoms with Crippen molar-refractivity contribution in [1.82, 2.24) is 5.32 Å². The van der Waals surface area contributed by atoms with Gasteiger partial charge in [-0.15, -0.1) is 0 Å². The number of rotatable bonds is 5. The Balaban J connectivity index is 2.68. The van der Waals surface area contributed by atoms with Crippen molar-refractivity contribution in [1.29, 1.82) is 0 Å². The maximum atomic E-state index is 3.61. The first-order valence-electron chi connectivity index (χ1n) is 6.43. The number of benzene rings is 1. The van der Waals surface area contributed by atoms with Gasteiger partial charge in [0.2, 0.25) is 0 Å². The molecule has 0 aliphatic carbocycles. The van der Waals surface area contributed by atoms with E-state index in [1.807, 2.05) is 0 Å². The third kappa shape index (κ3) is 5.69. The van der Waals surface area contributed by atoms with Gasteiger partial charge in [0.15, 0.2) is 0 Å². The van der Waals surface area contributed by atoms with Gasteiger partial charge in [0, 0.05) is 16.6 Å². The highest BCUT2D eigenvalue weighted by Gasteiger charge is 2.15. The zero-order valence-electron chi connectivity index (χ0n) is 11.4. The highest BCUT2D eigenvalue weighted by atomic mass is 79.9. The smallest absolute Gasteiger partial charge is 0.0175 e. The van der Waals surface area contributed by atoms with E-state index in [1.165, 1.54) is 18.4 Å². The minimum Gasteiger partial charge on any atom is -0.311 e. The molecular weight excluding hydrogens is 274 g/mol. The average Bonchev–Trinajstić information content (AvgIpc) is 2.24. The van der Waals surface area contributed by atoms with Gasteiger partial charge in [-0.25, -0.2) is 0 Å². The standard InChI is InChI=1S/C15H24BrN/c1-5-6-13(11-17-15(2,3)4)12-7-9-14(16)10-8-12/h7-10,13,17H,5-6,11H2,1-4H3. The van der Waals surface area contributed by atoms with E-state index in [0.29, 0.717) is 5.92 Å². The van der Waals surface area contributed by atoms with Crippen LogP contribution in [0.25, 0.3) is 0 Å². The van der Waals surface area contributed by atoms with E-state index in [4.69, 9.17) is 0 Å². The van der Waals surface area contributed by atoms with Gasteiger partial charge in [-0.3, -0.25) is 0 Å². The molecule has 1 aromatic rings. The van der Waals surface area contributed by atoms with Crippen molar-refractivity contribution < 1.29 is 0 Å². The molecule has 0 spiro atoms. The molecule has 1 aromatic carbocycles. The lowest BCUT2D eigenvalue weighted by Gasteiger charge is -2.25. The fourth-order valence-electron chi connectivity index (χ4n) is 1.90. The quantitative estimate of drug-likeness (QED) is 0.829. The summed E-state index contributed by atoms with van der Waals surface area (Å²) in [4.78, 5) is 0. The molecule has 1 nitrogen and oxygen atoms in total. The molecule has 0 aliphatic rings. The first-order valence-corrected chi connectivity index (χ1v) is 7.22. The molecule has 0 aromatic heterocycles. The van der Waals surface area contributed by atoms with Crippen LogP contribution in [0.4, 0.5) is 0 Å². The first kappa shape index (κ1) is 14.7. The van der Waals surface area contributed by atoms with Crippen LogP contribution in [0.5, 0.6) is 0 Å². The Labute approximate surface area is 114 Å². The molecule has 1 atom stereocenters. The van der Waals surface area contributed by atoms with Crippen LogP contribution in [-0.4, -0.2) is 12.1 Å². The van der Waals surface area contributed by atoms with Crippen LogP contribution in [0.2, 0.25) is 0 Å². The molecule has 0 saturated heterocycles. The topological polar surface area (TPSA) is 12.0 Å². The van der Waals surface area contributed by atoms with Crippen LogP contribution in [0, 0.1) is 0 Å². The lowest BCUT2D eigenvalue weighted by Crippen LogP contribution is -2.38. The second-order valence-corrected chi connectivity index (χ2v) is 6.58. The molecule has 1 rings (SSSR count). The van der Waals surface area contributed by atoms with E-state index in [0.717, 1.165) is 11.0 Å². The molecule has 1 N–H and O–H groups in total. The molecule has 0 radical (unpaired) electrons. The first-order chi connectivity index (χ1) is 7.92. The zero-order valence-corrected chi connectivity index (χ0v) is 13.0. The molecular formula is C15H24BrN. The summed E-state index contributed by atoms with van der Waals surface area (Å²) in [7, 11) is 0. The van der Waals surface area contributed by atoms with Gasteiger partial charge in [0.25, 0.3) is 0 Å². The van der Waals surface area contributed by atoms with Gasteiger partial charge in [0.05, 0.1) is 0 Å². The van der Waals surface area contributed by atoms with Crippen LogP contribution in [0.1, 0.15) is 52.0 Å². The van der Waals surface area contributed by atoms with Gasteiger partial charge in [-0.2, -0.15) is 0 Å².